The highest BCUT2D eigenvalue weighted by atomic mass is 16.5. The van der Waals surface area contributed by atoms with Crippen LogP contribution in [-0.4, -0.2) is 42.2 Å². The predicted octanol–water partition coefficient (Wildman–Crippen LogP) is 2.58. The smallest absolute Gasteiger partial charge is 0.317 e. The Kier molecular flexibility index (Phi) is 4.39. The van der Waals surface area contributed by atoms with E-state index in [9.17, 15) is 14.7 Å². The summed E-state index contributed by atoms with van der Waals surface area (Å²) in [7, 11) is 1.65. The number of carboxylic acids is 1. The van der Waals surface area contributed by atoms with Gasteiger partial charge in [0.15, 0.2) is 0 Å². The van der Waals surface area contributed by atoms with Crippen LogP contribution in [0.25, 0.3) is 0 Å². The largest absolute Gasteiger partial charge is 0.497 e. The molecule has 1 aromatic carbocycles. The number of likely N-dealkylation sites (tertiary alicyclic amines) is 1. The number of carbonyl (C=O) groups is 2. The Morgan fingerprint density at radius 2 is 2.21 bits per heavy atom. The monoisotopic (exact) mass is 332 g/mol. The number of hydrogen-bond donors (Lipinski definition) is 2. The van der Waals surface area contributed by atoms with Crippen LogP contribution < -0.4 is 10.1 Å². The van der Waals surface area contributed by atoms with Gasteiger partial charge in [-0.05, 0) is 55.9 Å². The summed E-state index contributed by atoms with van der Waals surface area (Å²) in [6.45, 7) is 2.44. The fourth-order valence-electron chi connectivity index (χ4n) is 3.62. The van der Waals surface area contributed by atoms with Crippen molar-refractivity contribution in [3.63, 3.8) is 0 Å². The predicted molar refractivity (Wildman–Crippen MR) is 89.1 cm³/mol. The summed E-state index contributed by atoms with van der Waals surface area (Å²) in [4.78, 5) is 25.5. The average molecular weight is 332 g/mol. The molecule has 1 heterocycles. The normalized spacial score (nSPS) is 25.9. The molecule has 2 amide bonds. The number of aryl methyl sites for hydroxylation is 1. The van der Waals surface area contributed by atoms with Crippen molar-refractivity contribution >= 4 is 12.0 Å². The fourth-order valence-corrected chi connectivity index (χ4v) is 3.62. The second-order valence-electron chi connectivity index (χ2n) is 7.00. The maximum atomic E-state index is 12.6. The molecule has 2 aliphatic rings. The van der Waals surface area contributed by atoms with Gasteiger partial charge in [-0.1, -0.05) is 6.07 Å². The molecule has 2 N–H and O–H groups in total. The number of carboxylic acid groups (broad SMARTS) is 1. The number of ether oxygens (including phenoxy) is 1. The maximum absolute atomic E-state index is 12.6. The summed E-state index contributed by atoms with van der Waals surface area (Å²) >= 11 is 0. The van der Waals surface area contributed by atoms with Crippen LogP contribution in [-0.2, 0) is 11.2 Å². The van der Waals surface area contributed by atoms with Crippen LogP contribution in [0.15, 0.2) is 18.2 Å². The summed E-state index contributed by atoms with van der Waals surface area (Å²) < 4.78 is 5.27. The van der Waals surface area contributed by atoms with E-state index in [0.29, 0.717) is 13.0 Å². The number of benzene rings is 1. The standard InChI is InChI=1S/C18H24N2O4/c1-18(16(21)22)8-9-20(11-18)17(23)19-15-5-3-4-12-10-13(24-2)6-7-14(12)15/h6-7,10,15H,3-5,8-9,11H2,1-2H3,(H,19,23)(H,21,22). The van der Waals surface area contributed by atoms with Gasteiger partial charge in [0.05, 0.1) is 18.6 Å². The molecule has 1 aromatic rings. The van der Waals surface area contributed by atoms with E-state index in [1.807, 2.05) is 18.2 Å². The fraction of sp³-hybridized carbons (Fsp3) is 0.556. The topological polar surface area (TPSA) is 78.9 Å². The van der Waals surface area contributed by atoms with Crippen LogP contribution in [0, 0.1) is 5.41 Å². The van der Waals surface area contributed by atoms with Crippen molar-refractivity contribution in [1.29, 1.82) is 0 Å². The lowest BCUT2D eigenvalue weighted by Gasteiger charge is -2.29. The third-order valence-electron chi connectivity index (χ3n) is 5.24. The summed E-state index contributed by atoms with van der Waals surface area (Å²) in [6.07, 6.45) is 3.39. The molecule has 0 saturated carbocycles. The number of amides is 2. The number of fused-ring (bicyclic) bond motifs is 1. The summed E-state index contributed by atoms with van der Waals surface area (Å²) in [5.41, 5.74) is 1.51. The molecule has 0 bridgehead atoms. The minimum absolute atomic E-state index is 0.0242. The SMILES string of the molecule is COc1ccc2c(c1)CCCC2NC(=O)N1CCC(C)(C(=O)O)C1. The number of rotatable bonds is 3. The van der Waals surface area contributed by atoms with E-state index < -0.39 is 11.4 Å². The molecule has 24 heavy (non-hydrogen) atoms. The highest BCUT2D eigenvalue weighted by molar-refractivity contribution is 5.79. The molecule has 1 aliphatic heterocycles. The van der Waals surface area contributed by atoms with E-state index in [0.717, 1.165) is 30.6 Å². The van der Waals surface area contributed by atoms with Gasteiger partial charge >= 0.3 is 12.0 Å². The van der Waals surface area contributed by atoms with Gasteiger partial charge in [-0.2, -0.15) is 0 Å². The molecule has 1 aliphatic carbocycles. The van der Waals surface area contributed by atoms with Crippen molar-refractivity contribution in [3.8, 4) is 5.75 Å². The lowest BCUT2D eigenvalue weighted by Crippen LogP contribution is -2.43. The van der Waals surface area contributed by atoms with Crippen molar-refractivity contribution < 1.29 is 19.4 Å². The van der Waals surface area contributed by atoms with Crippen LogP contribution in [0.2, 0.25) is 0 Å². The molecule has 1 saturated heterocycles. The minimum Gasteiger partial charge on any atom is -0.497 e. The number of nitrogens with one attached hydrogen (secondary N) is 1. The second-order valence-corrected chi connectivity index (χ2v) is 7.00. The van der Waals surface area contributed by atoms with Crippen molar-refractivity contribution in [2.24, 2.45) is 5.41 Å². The van der Waals surface area contributed by atoms with Gasteiger partial charge in [-0.3, -0.25) is 4.79 Å². The summed E-state index contributed by atoms with van der Waals surface area (Å²) in [5, 5.41) is 12.4. The van der Waals surface area contributed by atoms with Gasteiger partial charge in [0, 0.05) is 13.1 Å². The number of aliphatic carboxylic acids is 1. The van der Waals surface area contributed by atoms with Crippen LogP contribution in [0.5, 0.6) is 5.75 Å². The molecule has 0 radical (unpaired) electrons. The van der Waals surface area contributed by atoms with Crippen LogP contribution in [0.3, 0.4) is 0 Å². The van der Waals surface area contributed by atoms with Crippen LogP contribution in [0.4, 0.5) is 4.79 Å². The van der Waals surface area contributed by atoms with Crippen molar-refractivity contribution in [1.82, 2.24) is 10.2 Å². The molecule has 0 spiro atoms. The van der Waals surface area contributed by atoms with E-state index in [1.165, 1.54) is 5.56 Å². The maximum Gasteiger partial charge on any atom is 0.317 e. The van der Waals surface area contributed by atoms with E-state index >= 15 is 0 Å². The lowest BCUT2D eigenvalue weighted by molar-refractivity contribution is -0.147. The molecule has 6 nitrogen and oxygen atoms in total. The Bertz CT molecular complexity index is 660. The molecule has 130 valence electrons. The Morgan fingerprint density at radius 1 is 1.42 bits per heavy atom. The molecule has 1 fully saturated rings. The summed E-state index contributed by atoms with van der Waals surface area (Å²) in [6, 6.07) is 5.77. The van der Waals surface area contributed by atoms with Gasteiger partial charge in [-0.25, -0.2) is 4.79 Å². The average Bonchev–Trinajstić information content (AvgIpc) is 2.98. The Morgan fingerprint density at radius 3 is 2.88 bits per heavy atom. The Labute approximate surface area is 141 Å². The zero-order valence-corrected chi connectivity index (χ0v) is 14.2. The van der Waals surface area contributed by atoms with Crippen LogP contribution >= 0.6 is 0 Å². The lowest BCUT2D eigenvalue weighted by atomic mass is 9.87. The van der Waals surface area contributed by atoms with E-state index in [1.54, 1.807) is 18.9 Å². The van der Waals surface area contributed by atoms with Crippen LogP contribution in [0.1, 0.15) is 43.4 Å². The van der Waals surface area contributed by atoms with Crippen molar-refractivity contribution in [2.45, 2.75) is 38.6 Å². The first-order chi connectivity index (χ1) is 11.4. The number of urea groups is 1. The minimum atomic E-state index is -0.840. The first-order valence-corrected chi connectivity index (χ1v) is 8.38. The molecule has 2 atom stereocenters. The Balaban J connectivity index is 1.69. The summed E-state index contributed by atoms with van der Waals surface area (Å²) in [5.74, 6) is -0.00889. The second kappa shape index (κ2) is 6.34. The first-order valence-electron chi connectivity index (χ1n) is 8.38. The van der Waals surface area contributed by atoms with Gasteiger partial charge in [0.2, 0.25) is 0 Å². The van der Waals surface area contributed by atoms with Gasteiger partial charge < -0.3 is 20.1 Å². The number of carbonyl (C=O) groups excluding carboxylic acids is 1. The van der Waals surface area contributed by atoms with Gasteiger partial charge in [-0.15, -0.1) is 0 Å². The van der Waals surface area contributed by atoms with E-state index in [2.05, 4.69) is 5.32 Å². The Hall–Kier alpha value is -2.24. The van der Waals surface area contributed by atoms with Crippen molar-refractivity contribution in [2.75, 3.05) is 20.2 Å². The van der Waals surface area contributed by atoms with Gasteiger partial charge in [0.25, 0.3) is 0 Å². The molecule has 6 heteroatoms. The molecule has 2 unspecified atom stereocenters. The van der Waals surface area contributed by atoms with E-state index in [4.69, 9.17) is 4.74 Å². The highest BCUT2D eigenvalue weighted by Crippen LogP contribution is 2.34. The zero-order valence-electron chi connectivity index (χ0n) is 14.2. The van der Waals surface area contributed by atoms with Gasteiger partial charge in [0.1, 0.15) is 5.75 Å². The molecule has 0 aromatic heterocycles. The highest BCUT2D eigenvalue weighted by Gasteiger charge is 2.42. The quantitative estimate of drug-likeness (QED) is 0.892. The van der Waals surface area contributed by atoms with E-state index in [-0.39, 0.29) is 18.6 Å². The first kappa shape index (κ1) is 16.6. The molecule has 3 rings (SSSR count). The number of nitrogens with zero attached hydrogens (tertiary/aromatic N) is 1. The third kappa shape index (κ3) is 3.05. The van der Waals surface area contributed by atoms with Crippen molar-refractivity contribution in [3.05, 3.63) is 29.3 Å². The number of methoxy groups -OCH3 is 1. The third-order valence-corrected chi connectivity index (χ3v) is 5.24. The number of hydrogen-bond acceptors (Lipinski definition) is 3. The molecular formula is C18H24N2O4. The zero-order chi connectivity index (χ0) is 17.3. The molecular weight excluding hydrogens is 308 g/mol.